The molecule has 0 bridgehead atoms. The summed E-state index contributed by atoms with van der Waals surface area (Å²) in [5.74, 6) is 0. The van der Waals surface area contributed by atoms with Crippen LogP contribution in [0.1, 0.15) is 30.0 Å². The van der Waals surface area contributed by atoms with Crippen molar-refractivity contribution in [1.29, 1.82) is 0 Å². The van der Waals surface area contributed by atoms with Crippen molar-refractivity contribution in [3.8, 4) is 0 Å². The minimum absolute atomic E-state index is 0.0448. The Morgan fingerprint density at radius 1 is 1.50 bits per heavy atom. The first-order valence-electron chi connectivity index (χ1n) is 6.85. The maximum absolute atomic E-state index is 12.4. The lowest BCUT2D eigenvalue weighted by molar-refractivity contribution is 0.246. The number of piperidine rings is 1. The number of thiazole rings is 1. The van der Waals surface area contributed by atoms with Gasteiger partial charge in [-0.15, -0.1) is 11.3 Å². The normalized spacial score (nSPS) is 21.2. The summed E-state index contributed by atoms with van der Waals surface area (Å²) in [6, 6.07) is 0.0448. The number of rotatable bonds is 6. The molecule has 2 N–H and O–H groups in total. The highest BCUT2D eigenvalue weighted by Gasteiger charge is 2.31. The Morgan fingerprint density at radius 3 is 2.95 bits per heavy atom. The van der Waals surface area contributed by atoms with Crippen molar-refractivity contribution in [3.05, 3.63) is 16.1 Å². The van der Waals surface area contributed by atoms with Gasteiger partial charge in [-0.25, -0.2) is 4.98 Å². The van der Waals surface area contributed by atoms with E-state index in [0.29, 0.717) is 13.1 Å². The number of nitrogens with one attached hydrogen (secondary N) is 2. The van der Waals surface area contributed by atoms with E-state index in [1.165, 1.54) is 11.3 Å². The van der Waals surface area contributed by atoms with Crippen LogP contribution in [0.2, 0.25) is 0 Å². The standard InChI is InChI=1S/C12H22N4O2S2/c1-10-15-11(9-19-10)7-14-20(17,18)16-6-4-3-5-12(16)8-13-2/h9,12-14H,3-8H2,1-2H3. The SMILES string of the molecule is CNCC1CCCCN1S(=O)(=O)NCc1csc(C)n1. The average Bonchev–Trinajstić information content (AvgIpc) is 2.83. The molecule has 8 heteroatoms. The molecule has 20 heavy (non-hydrogen) atoms. The van der Waals surface area contributed by atoms with Crippen molar-refractivity contribution in [3.63, 3.8) is 0 Å². The summed E-state index contributed by atoms with van der Waals surface area (Å²) in [5, 5.41) is 5.91. The van der Waals surface area contributed by atoms with E-state index in [1.54, 1.807) is 4.31 Å². The van der Waals surface area contributed by atoms with E-state index < -0.39 is 10.2 Å². The van der Waals surface area contributed by atoms with Crippen molar-refractivity contribution < 1.29 is 8.42 Å². The van der Waals surface area contributed by atoms with Crippen LogP contribution in [0.5, 0.6) is 0 Å². The second kappa shape index (κ2) is 6.95. The second-order valence-electron chi connectivity index (χ2n) is 5.00. The smallest absolute Gasteiger partial charge is 0.280 e. The van der Waals surface area contributed by atoms with Gasteiger partial charge in [-0.2, -0.15) is 17.4 Å². The maximum atomic E-state index is 12.4. The van der Waals surface area contributed by atoms with Crippen LogP contribution >= 0.6 is 11.3 Å². The van der Waals surface area contributed by atoms with Gasteiger partial charge < -0.3 is 5.32 Å². The average molecular weight is 318 g/mol. The molecule has 1 atom stereocenters. The highest BCUT2D eigenvalue weighted by molar-refractivity contribution is 7.87. The van der Waals surface area contributed by atoms with E-state index in [1.807, 2.05) is 19.4 Å². The number of likely N-dealkylation sites (N-methyl/N-ethyl adjacent to an activating group) is 1. The molecule has 0 amide bonds. The molecule has 1 aliphatic heterocycles. The fourth-order valence-electron chi connectivity index (χ4n) is 2.47. The first-order valence-corrected chi connectivity index (χ1v) is 9.17. The number of nitrogens with zero attached hydrogens (tertiary/aromatic N) is 2. The fraction of sp³-hybridized carbons (Fsp3) is 0.750. The predicted molar refractivity (Wildman–Crippen MR) is 80.9 cm³/mol. The predicted octanol–water partition coefficient (Wildman–Crippen LogP) is 0.860. The number of hydrogen-bond donors (Lipinski definition) is 2. The van der Waals surface area contributed by atoms with Crippen LogP contribution < -0.4 is 10.0 Å². The molecule has 1 aromatic rings. The summed E-state index contributed by atoms with van der Waals surface area (Å²) in [7, 11) is -1.58. The summed E-state index contributed by atoms with van der Waals surface area (Å²) in [4.78, 5) is 4.27. The fourth-order valence-corrected chi connectivity index (χ4v) is 4.52. The van der Waals surface area contributed by atoms with E-state index in [-0.39, 0.29) is 12.6 Å². The van der Waals surface area contributed by atoms with Crippen LogP contribution in [0, 0.1) is 6.92 Å². The van der Waals surface area contributed by atoms with E-state index in [4.69, 9.17) is 0 Å². The zero-order chi connectivity index (χ0) is 14.6. The molecular weight excluding hydrogens is 296 g/mol. The molecule has 0 saturated carbocycles. The lowest BCUT2D eigenvalue weighted by atomic mass is 10.1. The second-order valence-corrected chi connectivity index (χ2v) is 7.77. The summed E-state index contributed by atoms with van der Waals surface area (Å²) < 4.78 is 29.1. The lowest BCUT2D eigenvalue weighted by Crippen LogP contribution is -2.51. The zero-order valence-electron chi connectivity index (χ0n) is 11.9. The van der Waals surface area contributed by atoms with Crippen LogP contribution in [-0.4, -0.2) is 43.9 Å². The minimum Gasteiger partial charge on any atom is -0.318 e. The van der Waals surface area contributed by atoms with Crippen LogP contribution in [0.15, 0.2) is 5.38 Å². The molecule has 2 heterocycles. The van der Waals surface area contributed by atoms with Gasteiger partial charge in [0.1, 0.15) is 0 Å². The molecule has 2 rings (SSSR count). The van der Waals surface area contributed by atoms with Gasteiger partial charge in [0.25, 0.3) is 10.2 Å². The van der Waals surface area contributed by atoms with E-state index in [0.717, 1.165) is 30.0 Å². The Morgan fingerprint density at radius 2 is 2.30 bits per heavy atom. The Kier molecular flexibility index (Phi) is 5.50. The van der Waals surface area contributed by atoms with Gasteiger partial charge in [-0.1, -0.05) is 6.42 Å². The van der Waals surface area contributed by atoms with E-state index in [9.17, 15) is 8.42 Å². The van der Waals surface area contributed by atoms with E-state index in [2.05, 4.69) is 15.0 Å². The first kappa shape index (κ1) is 15.8. The van der Waals surface area contributed by atoms with Crippen LogP contribution in [0.3, 0.4) is 0 Å². The van der Waals surface area contributed by atoms with Crippen LogP contribution in [0.4, 0.5) is 0 Å². The van der Waals surface area contributed by atoms with Gasteiger partial charge in [0, 0.05) is 24.5 Å². The Labute approximate surface area is 124 Å². The molecule has 0 aromatic carbocycles. The molecule has 0 radical (unpaired) electrons. The highest BCUT2D eigenvalue weighted by atomic mass is 32.2. The van der Waals surface area contributed by atoms with Gasteiger partial charge in [-0.3, -0.25) is 0 Å². The first-order chi connectivity index (χ1) is 9.53. The van der Waals surface area contributed by atoms with Crippen LogP contribution in [0.25, 0.3) is 0 Å². The zero-order valence-corrected chi connectivity index (χ0v) is 13.6. The Bertz CT molecular complexity index is 527. The number of hydrogen-bond acceptors (Lipinski definition) is 5. The molecule has 1 saturated heterocycles. The van der Waals surface area contributed by atoms with Gasteiger partial charge in [0.05, 0.1) is 17.2 Å². The molecule has 1 unspecified atom stereocenters. The van der Waals surface area contributed by atoms with Gasteiger partial charge in [0.2, 0.25) is 0 Å². The molecule has 0 spiro atoms. The topological polar surface area (TPSA) is 74.3 Å². The monoisotopic (exact) mass is 318 g/mol. The van der Waals surface area contributed by atoms with Crippen molar-refractivity contribution in [2.45, 2.75) is 38.8 Å². The van der Waals surface area contributed by atoms with Crippen molar-refractivity contribution in [2.24, 2.45) is 0 Å². The molecule has 1 fully saturated rings. The lowest BCUT2D eigenvalue weighted by Gasteiger charge is -2.34. The maximum Gasteiger partial charge on any atom is 0.280 e. The molecule has 1 aromatic heterocycles. The van der Waals surface area contributed by atoms with Gasteiger partial charge >= 0.3 is 0 Å². The van der Waals surface area contributed by atoms with E-state index >= 15 is 0 Å². The molecule has 1 aliphatic rings. The van der Waals surface area contributed by atoms with Crippen molar-refractivity contribution >= 4 is 21.5 Å². The Balaban J connectivity index is 2.00. The van der Waals surface area contributed by atoms with Gasteiger partial charge in [-0.05, 0) is 26.8 Å². The third-order valence-corrected chi connectivity index (χ3v) is 5.85. The molecular formula is C12H22N4O2S2. The van der Waals surface area contributed by atoms with Crippen molar-refractivity contribution in [2.75, 3.05) is 20.1 Å². The molecule has 114 valence electrons. The third kappa shape index (κ3) is 3.98. The molecule has 6 nitrogen and oxygen atoms in total. The number of aromatic nitrogens is 1. The third-order valence-electron chi connectivity index (χ3n) is 3.42. The van der Waals surface area contributed by atoms with Crippen molar-refractivity contribution in [1.82, 2.24) is 19.3 Å². The number of aryl methyl sites for hydroxylation is 1. The summed E-state index contributed by atoms with van der Waals surface area (Å²) in [6.45, 7) is 3.46. The largest absolute Gasteiger partial charge is 0.318 e. The van der Waals surface area contributed by atoms with Crippen LogP contribution in [-0.2, 0) is 16.8 Å². The summed E-state index contributed by atoms with van der Waals surface area (Å²) in [6.07, 6.45) is 2.93. The van der Waals surface area contributed by atoms with Gasteiger partial charge in [0.15, 0.2) is 0 Å². The highest BCUT2D eigenvalue weighted by Crippen LogP contribution is 2.19. The Hall–Kier alpha value is -0.540. The quantitative estimate of drug-likeness (QED) is 0.816. The minimum atomic E-state index is -3.44. The summed E-state index contributed by atoms with van der Waals surface area (Å²) in [5.41, 5.74) is 0.776. The summed E-state index contributed by atoms with van der Waals surface area (Å²) >= 11 is 1.53. The molecule has 0 aliphatic carbocycles.